The second kappa shape index (κ2) is 7.49. The first-order chi connectivity index (χ1) is 9.31. The molecule has 1 rings (SSSR count). The van der Waals surface area contributed by atoms with Gasteiger partial charge in [0.1, 0.15) is 12.3 Å². The largest absolute Gasteiger partial charge is 0.484 e. The van der Waals surface area contributed by atoms with Crippen molar-refractivity contribution in [3.05, 3.63) is 28.2 Å². The second-order valence-corrected chi connectivity index (χ2v) is 4.82. The highest BCUT2D eigenvalue weighted by Gasteiger charge is 2.27. The van der Waals surface area contributed by atoms with Gasteiger partial charge < -0.3 is 15.4 Å². The van der Waals surface area contributed by atoms with Crippen LogP contribution < -0.4 is 15.4 Å². The summed E-state index contributed by atoms with van der Waals surface area (Å²) in [6.45, 7) is -1.23. The summed E-state index contributed by atoms with van der Waals surface area (Å²) in [5.41, 5.74) is 0.917. The first-order valence-corrected chi connectivity index (χ1v) is 6.50. The van der Waals surface area contributed by atoms with Crippen LogP contribution in [0.2, 0.25) is 0 Å². The van der Waals surface area contributed by atoms with Crippen molar-refractivity contribution in [2.75, 3.05) is 20.2 Å². The topological polar surface area (TPSA) is 50.4 Å². The Labute approximate surface area is 122 Å². The monoisotopic (exact) mass is 354 g/mol. The number of benzene rings is 1. The summed E-state index contributed by atoms with van der Waals surface area (Å²) >= 11 is 3.36. The number of carbonyl (C=O) groups is 1. The minimum absolute atomic E-state index is 0.417. The average molecular weight is 355 g/mol. The highest BCUT2D eigenvalue weighted by Crippen LogP contribution is 2.22. The van der Waals surface area contributed by atoms with Crippen LogP contribution in [-0.4, -0.2) is 32.3 Å². The standard InChI is InChI=1S/C12H14BrF3N2O2/c1-17-5-8-4-9(2-3-10(8)13)20-6-11(19)18-7-12(14,15)16/h2-4,17H,5-7H2,1H3,(H,18,19). The van der Waals surface area contributed by atoms with Crippen LogP contribution in [0.4, 0.5) is 13.2 Å². The molecule has 0 atom stereocenters. The molecule has 0 heterocycles. The van der Waals surface area contributed by atoms with Gasteiger partial charge in [-0.05, 0) is 30.8 Å². The molecule has 0 saturated carbocycles. The van der Waals surface area contributed by atoms with Gasteiger partial charge in [-0.1, -0.05) is 15.9 Å². The van der Waals surface area contributed by atoms with E-state index in [0.29, 0.717) is 12.3 Å². The van der Waals surface area contributed by atoms with Gasteiger partial charge in [0.25, 0.3) is 5.91 Å². The van der Waals surface area contributed by atoms with Crippen molar-refractivity contribution in [2.45, 2.75) is 12.7 Å². The molecule has 2 N–H and O–H groups in total. The smallest absolute Gasteiger partial charge is 0.405 e. The van der Waals surface area contributed by atoms with Crippen molar-refractivity contribution in [1.29, 1.82) is 0 Å². The molecule has 112 valence electrons. The molecule has 0 unspecified atom stereocenters. The Morgan fingerprint density at radius 3 is 2.70 bits per heavy atom. The fourth-order valence-electron chi connectivity index (χ4n) is 1.37. The van der Waals surface area contributed by atoms with Gasteiger partial charge in [0.15, 0.2) is 6.61 Å². The van der Waals surface area contributed by atoms with E-state index in [1.54, 1.807) is 30.6 Å². The molecule has 1 aromatic carbocycles. The number of amides is 1. The molecule has 0 radical (unpaired) electrons. The van der Waals surface area contributed by atoms with E-state index in [9.17, 15) is 18.0 Å². The molecule has 0 saturated heterocycles. The molecule has 0 aliphatic heterocycles. The SMILES string of the molecule is CNCc1cc(OCC(=O)NCC(F)(F)F)ccc1Br. The summed E-state index contributed by atoms with van der Waals surface area (Å²) in [6, 6.07) is 5.08. The van der Waals surface area contributed by atoms with Crippen molar-refractivity contribution in [3.63, 3.8) is 0 Å². The van der Waals surface area contributed by atoms with Gasteiger partial charge in [-0.2, -0.15) is 13.2 Å². The van der Waals surface area contributed by atoms with E-state index in [0.717, 1.165) is 10.0 Å². The molecule has 20 heavy (non-hydrogen) atoms. The van der Waals surface area contributed by atoms with Crippen molar-refractivity contribution in [2.24, 2.45) is 0 Å². The van der Waals surface area contributed by atoms with E-state index in [1.165, 1.54) is 0 Å². The fourth-order valence-corrected chi connectivity index (χ4v) is 1.75. The minimum Gasteiger partial charge on any atom is -0.484 e. The Balaban J connectivity index is 2.49. The highest BCUT2D eigenvalue weighted by atomic mass is 79.9. The van der Waals surface area contributed by atoms with Gasteiger partial charge in [-0.15, -0.1) is 0 Å². The van der Waals surface area contributed by atoms with Gasteiger partial charge in [0, 0.05) is 11.0 Å². The second-order valence-electron chi connectivity index (χ2n) is 3.96. The molecule has 0 aliphatic rings. The minimum atomic E-state index is -4.42. The third kappa shape index (κ3) is 6.25. The fraction of sp³-hybridized carbons (Fsp3) is 0.417. The predicted molar refractivity (Wildman–Crippen MR) is 71.5 cm³/mol. The number of nitrogens with one attached hydrogen (secondary N) is 2. The lowest BCUT2D eigenvalue weighted by Gasteiger charge is -2.11. The first kappa shape index (κ1) is 16.8. The predicted octanol–water partition coefficient (Wildman–Crippen LogP) is 2.23. The van der Waals surface area contributed by atoms with Crippen molar-refractivity contribution < 1.29 is 22.7 Å². The maximum atomic E-state index is 11.9. The molecule has 4 nitrogen and oxygen atoms in total. The van der Waals surface area contributed by atoms with Crippen LogP contribution in [0, 0.1) is 0 Å². The van der Waals surface area contributed by atoms with E-state index in [4.69, 9.17) is 4.74 Å². The third-order valence-corrected chi connectivity index (χ3v) is 3.01. The van der Waals surface area contributed by atoms with Crippen LogP contribution in [0.5, 0.6) is 5.75 Å². The molecular weight excluding hydrogens is 341 g/mol. The van der Waals surface area contributed by atoms with Crippen LogP contribution >= 0.6 is 15.9 Å². The van der Waals surface area contributed by atoms with Crippen molar-refractivity contribution >= 4 is 21.8 Å². The zero-order valence-electron chi connectivity index (χ0n) is 10.7. The molecule has 1 amide bonds. The summed E-state index contributed by atoms with van der Waals surface area (Å²) in [5.74, 6) is -0.402. The Bertz CT molecular complexity index is 467. The van der Waals surface area contributed by atoms with E-state index < -0.39 is 25.2 Å². The number of hydrogen-bond acceptors (Lipinski definition) is 3. The van der Waals surface area contributed by atoms with Crippen LogP contribution in [0.25, 0.3) is 0 Å². The van der Waals surface area contributed by atoms with Crippen LogP contribution in [0.15, 0.2) is 22.7 Å². The maximum absolute atomic E-state index is 11.9. The normalized spacial score (nSPS) is 11.2. The zero-order chi connectivity index (χ0) is 15.2. The molecule has 0 bridgehead atoms. The lowest BCUT2D eigenvalue weighted by molar-refractivity contribution is -0.139. The van der Waals surface area contributed by atoms with E-state index >= 15 is 0 Å². The summed E-state index contributed by atoms with van der Waals surface area (Å²) in [4.78, 5) is 11.2. The number of ether oxygens (including phenoxy) is 1. The molecule has 0 fully saturated rings. The maximum Gasteiger partial charge on any atom is 0.405 e. The van der Waals surface area contributed by atoms with Crippen LogP contribution in [0.1, 0.15) is 5.56 Å². The molecule has 1 aromatic rings. The lowest BCUT2D eigenvalue weighted by Crippen LogP contribution is -2.36. The first-order valence-electron chi connectivity index (χ1n) is 5.71. The van der Waals surface area contributed by atoms with Gasteiger partial charge in [0.05, 0.1) is 0 Å². The highest BCUT2D eigenvalue weighted by molar-refractivity contribution is 9.10. The van der Waals surface area contributed by atoms with Crippen molar-refractivity contribution in [3.8, 4) is 5.75 Å². The molecule has 0 spiro atoms. The average Bonchev–Trinajstić information content (AvgIpc) is 2.36. The van der Waals surface area contributed by atoms with Gasteiger partial charge in [-0.25, -0.2) is 0 Å². The molecule has 8 heteroatoms. The van der Waals surface area contributed by atoms with Crippen LogP contribution in [-0.2, 0) is 11.3 Å². The van der Waals surface area contributed by atoms with E-state index in [2.05, 4.69) is 21.2 Å². The molecular formula is C12H14BrF3N2O2. The third-order valence-electron chi connectivity index (χ3n) is 2.24. The quantitative estimate of drug-likeness (QED) is 0.823. The zero-order valence-corrected chi connectivity index (χ0v) is 12.3. The Morgan fingerprint density at radius 2 is 2.10 bits per heavy atom. The molecule has 0 aromatic heterocycles. The summed E-state index contributed by atoms with van der Waals surface area (Å²) in [7, 11) is 1.78. The number of alkyl halides is 3. The number of halogens is 4. The van der Waals surface area contributed by atoms with Crippen LogP contribution in [0.3, 0.4) is 0 Å². The van der Waals surface area contributed by atoms with Gasteiger partial charge in [-0.3, -0.25) is 4.79 Å². The van der Waals surface area contributed by atoms with E-state index in [1.807, 2.05) is 0 Å². The number of rotatable bonds is 6. The summed E-state index contributed by atoms with van der Waals surface area (Å²) in [5, 5.41) is 4.70. The summed E-state index contributed by atoms with van der Waals surface area (Å²) < 4.78 is 41.7. The van der Waals surface area contributed by atoms with Gasteiger partial charge >= 0.3 is 6.18 Å². The van der Waals surface area contributed by atoms with E-state index in [-0.39, 0.29) is 0 Å². The molecule has 0 aliphatic carbocycles. The van der Waals surface area contributed by atoms with Crippen molar-refractivity contribution in [1.82, 2.24) is 10.6 Å². The lowest BCUT2D eigenvalue weighted by atomic mass is 10.2. The number of hydrogen-bond donors (Lipinski definition) is 2. The Hall–Kier alpha value is -1.28. The number of carbonyl (C=O) groups excluding carboxylic acids is 1. The Kier molecular flexibility index (Phi) is 6.28. The van der Waals surface area contributed by atoms with Gasteiger partial charge in [0.2, 0.25) is 0 Å². The summed E-state index contributed by atoms with van der Waals surface area (Å²) in [6.07, 6.45) is -4.42. The Morgan fingerprint density at radius 1 is 1.40 bits per heavy atom.